The molecule has 0 spiro atoms. The number of sulfone groups is 1. The first-order valence-corrected chi connectivity index (χ1v) is 11.6. The lowest BCUT2D eigenvalue weighted by Crippen LogP contribution is -2.38. The van der Waals surface area contributed by atoms with E-state index in [9.17, 15) is 8.42 Å². The highest BCUT2D eigenvalue weighted by atomic mass is 32.2. The summed E-state index contributed by atoms with van der Waals surface area (Å²) in [5.74, 6) is 1.30. The number of hydrogen-bond donors (Lipinski definition) is 1. The van der Waals surface area contributed by atoms with E-state index in [2.05, 4.69) is 4.90 Å². The maximum Gasteiger partial charge on any atom is 0.161 e. The number of rotatable bonds is 4. The standard InChI is InChI=1S/C20H26N4O3S/c1-28(25,26)20(8-2-3-9-20)17-14-18(24-10-12-27-13-11-24)23-19(22-17)15-4-6-16(21)7-5-15/h4-7,14H,2-3,8-13,21H2,1H3. The van der Waals surface area contributed by atoms with Crippen molar-refractivity contribution in [2.75, 3.05) is 43.2 Å². The molecule has 1 aromatic heterocycles. The van der Waals surface area contributed by atoms with E-state index in [1.807, 2.05) is 30.3 Å². The Kier molecular flexibility index (Phi) is 5.01. The van der Waals surface area contributed by atoms with Crippen LogP contribution in [0.15, 0.2) is 30.3 Å². The quantitative estimate of drug-likeness (QED) is 0.784. The van der Waals surface area contributed by atoms with Gasteiger partial charge in [0.2, 0.25) is 0 Å². The molecule has 1 saturated carbocycles. The molecule has 150 valence electrons. The third kappa shape index (κ3) is 3.46. The van der Waals surface area contributed by atoms with Crippen LogP contribution in [0.2, 0.25) is 0 Å². The van der Waals surface area contributed by atoms with Gasteiger partial charge in [0, 0.05) is 36.7 Å². The second kappa shape index (κ2) is 7.33. The minimum Gasteiger partial charge on any atom is -0.399 e. The van der Waals surface area contributed by atoms with Crippen LogP contribution < -0.4 is 10.6 Å². The molecule has 1 aromatic carbocycles. The van der Waals surface area contributed by atoms with Crippen LogP contribution >= 0.6 is 0 Å². The van der Waals surface area contributed by atoms with Crippen LogP contribution in [-0.2, 0) is 19.3 Å². The largest absolute Gasteiger partial charge is 0.399 e. The highest BCUT2D eigenvalue weighted by Crippen LogP contribution is 2.45. The molecule has 1 aliphatic heterocycles. The van der Waals surface area contributed by atoms with Crippen molar-refractivity contribution in [2.45, 2.75) is 30.4 Å². The van der Waals surface area contributed by atoms with Gasteiger partial charge < -0.3 is 15.4 Å². The van der Waals surface area contributed by atoms with Crippen LogP contribution in [0.25, 0.3) is 11.4 Å². The molecule has 4 rings (SSSR count). The van der Waals surface area contributed by atoms with E-state index in [0.717, 1.165) is 37.3 Å². The average Bonchev–Trinajstić information content (AvgIpc) is 3.20. The summed E-state index contributed by atoms with van der Waals surface area (Å²) < 4.78 is 30.2. The maximum absolute atomic E-state index is 12.8. The van der Waals surface area contributed by atoms with Crippen molar-refractivity contribution in [2.24, 2.45) is 0 Å². The Labute approximate surface area is 165 Å². The molecule has 2 heterocycles. The number of benzene rings is 1. The van der Waals surface area contributed by atoms with Gasteiger partial charge in [-0.15, -0.1) is 0 Å². The highest BCUT2D eigenvalue weighted by Gasteiger charge is 2.46. The van der Waals surface area contributed by atoms with E-state index in [4.69, 9.17) is 20.4 Å². The number of nitrogen functional groups attached to an aromatic ring is 1. The van der Waals surface area contributed by atoms with Gasteiger partial charge in [0.05, 0.1) is 18.9 Å². The topological polar surface area (TPSA) is 98.4 Å². The molecule has 8 heteroatoms. The van der Waals surface area contributed by atoms with Crippen molar-refractivity contribution in [1.82, 2.24) is 9.97 Å². The summed E-state index contributed by atoms with van der Waals surface area (Å²) in [5, 5.41) is 0. The Hall–Kier alpha value is -2.19. The van der Waals surface area contributed by atoms with E-state index in [1.54, 1.807) is 0 Å². The SMILES string of the molecule is CS(=O)(=O)C1(c2cc(N3CCOCC3)nc(-c3ccc(N)cc3)n2)CCCC1. The van der Waals surface area contributed by atoms with Crippen molar-refractivity contribution in [3.8, 4) is 11.4 Å². The minimum atomic E-state index is -3.32. The number of morpholine rings is 1. The zero-order valence-corrected chi connectivity index (χ0v) is 16.9. The Bertz CT molecular complexity index is 948. The van der Waals surface area contributed by atoms with Gasteiger partial charge in [0.25, 0.3) is 0 Å². The van der Waals surface area contributed by atoms with Crippen LogP contribution in [0.1, 0.15) is 31.4 Å². The van der Waals surface area contributed by atoms with E-state index in [-0.39, 0.29) is 0 Å². The Morgan fingerprint density at radius 1 is 1.07 bits per heavy atom. The first-order valence-electron chi connectivity index (χ1n) is 9.67. The molecule has 1 saturated heterocycles. The molecule has 0 radical (unpaired) electrons. The average molecular weight is 403 g/mol. The maximum atomic E-state index is 12.8. The predicted molar refractivity (Wildman–Crippen MR) is 110 cm³/mol. The smallest absolute Gasteiger partial charge is 0.161 e. The van der Waals surface area contributed by atoms with Crippen LogP contribution in [0.5, 0.6) is 0 Å². The minimum absolute atomic E-state index is 0.536. The van der Waals surface area contributed by atoms with Crippen molar-refractivity contribution >= 4 is 21.3 Å². The number of nitrogens with zero attached hydrogens (tertiary/aromatic N) is 3. The Morgan fingerprint density at radius 2 is 1.71 bits per heavy atom. The molecular weight excluding hydrogens is 376 g/mol. The molecule has 2 N–H and O–H groups in total. The van der Waals surface area contributed by atoms with Crippen LogP contribution in [0, 0.1) is 0 Å². The second-order valence-electron chi connectivity index (χ2n) is 7.63. The monoisotopic (exact) mass is 402 g/mol. The van der Waals surface area contributed by atoms with Crippen molar-refractivity contribution < 1.29 is 13.2 Å². The molecule has 2 aliphatic rings. The summed E-state index contributed by atoms with van der Waals surface area (Å²) in [6.45, 7) is 2.72. The summed E-state index contributed by atoms with van der Waals surface area (Å²) >= 11 is 0. The number of ether oxygens (including phenoxy) is 1. The van der Waals surface area contributed by atoms with Crippen LogP contribution in [0.3, 0.4) is 0 Å². The molecule has 0 unspecified atom stereocenters. The lowest BCUT2D eigenvalue weighted by atomic mass is 10.0. The number of aromatic nitrogens is 2. The molecule has 0 bridgehead atoms. The molecule has 0 atom stereocenters. The molecule has 1 aliphatic carbocycles. The lowest BCUT2D eigenvalue weighted by molar-refractivity contribution is 0.122. The van der Waals surface area contributed by atoms with Gasteiger partial charge in [-0.1, -0.05) is 12.8 Å². The zero-order valence-electron chi connectivity index (χ0n) is 16.1. The molecule has 0 amide bonds. The lowest BCUT2D eigenvalue weighted by Gasteiger charge is -2.31. The third-order valence-corrected chi connectivity index (χ3v) is 7.84. The Morgan fingerprint density at radius 3 is 2.32 bits per heavy atom. The number of hydrogen-bond acceptors (Lipinski definition) is 7. The summed E-state index contributed by atoms with van der Waals surface area (Å²) in [6.07, 6.45) is 4.32. The second-order valence-corrected chi connectivity index (χ2v) is 9.96. The summed E-state index contributed by atoms with van der Waals surface area (Å²) in [7, 11) is -3.32. The third-order valence-electron chi connectivity index (χ3n) is 5.80. The van der Waals surface area contributed by atoms with Gasteiger partial charge >= 0.3 is 0 Å². The summed E-state index contributed by atoms with van der Waals surface area (Å²) in [5.41, 5.74) is 7.91. The molecule has 2 aromatic rings. The zero-order chi connectivity index (χ0) is 19.8. The van der Waals surface area contributed by atoms with E-state index in [1.165, 1.54) is 6.26 Å². The van der Waals surface area contributed by atoms with Crippen LogP contribution in [-0.4, -0.2) is 50.9 Å². The molecule has 7 nitrogen and oxygen atoms in total. The van der Waals surface area contributed by atoms with Gasteiger partial charge in [0.1, 0.15) is 10.6 Å². The first-order chi connectivity index (χ1) is 13.4. The predicted octanol–water partition coefficient (Wildman–Crippen LogP) is 2.38. The highest BCUT2D eigenvalue weighted by molar-refractivity contribution is 7.91. The van der Waals surface area contributed by atoms with Gasteiger partial charge in [0.15, 0.2) is 15.7 Å². The van der Waals surface area contributed by atoms with E-state index < -0.39 is 14.6 Å². The first kappa shape index (κ1) is 19.1. The van der Waals surface area contributed by atoms with Crippen LogP contribution in [0.4, 0.5) is 11.5 Å². The van der Waals surface area contributed by atoms with Crippen molar-refractivity contribution in [3.63, 3.8) is 0 Å². The van der Waals surface area contributed by atoms with Gasteiger partial charge in [-0.25, -0.2) is 18.4 Å². The van der Waals surface area contributed by atoms with Crippen molar-refractivity contribution in [3.05, 3.63) is 36.0 Å². The fourth-order valence-corrected chi connectivity index (χ4v) is 5.66. The van der Waals surface area contributed by atoms with E-state index >= 15 is 0 Å². The van der Waals surface area contributed by atoms with Gasteiger partial charge in [-0.2, -0.15) is 0 Å². The summed E-state index contributed by atoms with van der Waals surface area (Å²) in [4.78, 5) is 11.7. The Balaban J connectivity index is 1.87. The fraction of sp³-hybridized carbons (Fsp3) is 0.500. The van der Waals surface area contributed by atoms with Gasteiger partial charge in [-0.05, 0) is 37.1 Å². The van der Waals surface area contributed by atoms with E-state index in [0.29, 0.717) is 43.3 Å². The normalized spacial score (nSPS) is 19.7. The molecule has 2 fully saturated rings. The summed E-state index contributed by atoms with van der Waals surface area (Å²) in [6, 6.07) is 9.24. The van der Waals surface area contributed by atoms with Crippen molar-refractivity contribution in [1.29, 1.82) is 0 Å². The fourth-order valence-electron chi connectivity index (χ4n) is 4.15. The molecular formula is C20H26N4O3S. The number of nitrogens with two attached hydrogens (primary N) is 1. The van der Waals surface area contributed by atoms with Gasteiger partial charge in [-0.3, -0.25) is 0 Å². The molecule has 28 heavy (non-hydrogen) atoms. The number of anilines is 2.